The number of nitrogens with zero attached hydrogens (tertiary/aromatic N) is 3. The van der Waals surface area contributed by atoms with Gasteiger partial charge in [0.25, 0.3) is 0 Å². The average Bonchev–Trinajstić information content (AvgIpc) is 2.61. The van der Waals surface area contributed by atoms with Crippen molar-refractivity contribution in [2.75, 3.05) is 19.6 Å². The van der Waals surface area contributed by atoms with E-state index in [1.807, 2.05) is 24.5 Å². The molecule has 1 aliphatic rings. The van der Waals surface area contributed by atoms with Gasteiger partial charge in [-0.25, -0.2) is 0 Å². The molecule has 1 saturated heterocycles. The summed E-state index contributed by atoms with van der Waals surface area (Å²) in [5.41, 5.74) is 2.52. The Morgan fingerprint density at radius 3 is 2.79 bits per heavy atom. The van der Waals surface area contributed by atoms with Crippen LogP contribution >= 0.6 is 0 Å². The average molecular weight is 325 g/mol. The fourth-order valence-electron chi connectivity index (χ4n) is 3.61. The third-order valence-electron chi connectivity index (χ3n) is 4.85. The maximum atomic E-state index is 9.65. The topological polar surface area (TPSA) is 39.6 Å². The minimum Gasteiger partial charge on any atom is -0.508 e. The predicted octanol–water partition coefficient (Wildman–Crippen LogP) is 3.27. The Labute approximate surface area is 144 Å². The predicted molar refractivity (Wildman–Crippen MR) is 96.7 cm³/mol. The summed E-state index contributed by atoms with van der Waals surface area (Å²) in [4.78, 5) is 9.20. The number of phenols is 1. The van der Waals surface area contributed by atoms with Crippen LogP contribution in [0.4, 0.5) is 0 Å². The summed E-state index contributed by atoms with van der Waals surface area (Å²) in [5, 5.41) is 9.65. The van der Waals surface area contributed by atoms with Gasteiger partial charge < -0.3 is 5.11 Å². The Balaban J connectivity index is 1.61. The summed E-state index contributed by atoms with van der Waals surface area (Å²) in [6.45, 7) is 7.44. The molecule has 0 amide bonds. The Hall–Kier alpha value is -1.91. The quantitative estimate of drug-likeness (QED) is 0.885. The Morgan fingerprint density at radius 2 is 2.04 bits per heavy atom. The molecular weight excluding hydrogens is 298 g/mol. The molecule has 1 N–H and O–H groups in total. The standard InChI is InChI=1S/C20H27N3O/c1-2-23(15-17-8-10-21-11-9-17)19-6-4-12-22(16-19)14-18-5-3-7-20(24)13-18/h3,5,7-11,13,19,24H,2,4,6,12,14-16H2,1H3. The van der Waals surface area contributed by atoms with Crippen LogP contribution in [0.3, 0.4) is 0 Å². The van der Waals surface area contributed by atoms with Gasteiger partial charge in [-0.05, 0) is 61.3 Å². The fourth-order valence-corrected chi connectivity index (χ4v) is 3.61. The highest BCUT2D eigenvalue weighted by Crippen LogP contribution is 2.21. The van der Waals surface area contributed by atoms with Crippen LogP contribution in [0.15, 0.2) is 48.8 Å². The van der Waals surface area contributed by atoms with Gasteiger partial charge in [-0.15, -0.1) is 0 Å². The van der Waals surface area contributed by atoms with Crippen LogP contribution in [-0.4, -0.2) is 45.6 Å². The van der Waals surface area contributed by atoms with Gasteiger partial charge in [-0.3, -0.25) is 14.8 Å². The van der Waals surface area contributed by atoms with E-state index in [4.69, 9.17) is 0 Å². The number of benzene rings is 1. The van der Waals surface area contributed by atoms with Gasteiger partial charge in [0.2, 0.25) is 0 Å². The van der Waals surface area contributed by atoms with Crippen LogP contribution in [0, 0.1) is 0 Å². The molecule has 24 heavy (non-hydrogen) atoms. The monoisotopic (exact) mass is 325 g/mol. The number of piperidine rings is 1. The third kappa shape index (κ3) is 4.56. The first kappa shape index (κ1) is 16.9. The van der Waals surface area contributed by atoms with E-state index in [-0.39, 0.29) is 0 Å². The van der Waals surface area contributed by atoms with Crippen LogP contribution in [0.1, 0.15) is 30.9 Å². The van der Waals surface area contributed by atoms with E-state index >= 15 is 0 Å². The summed E-state index contributed by atoms with van der Waals surface area (Å²) in [6.07, 6.45) is 6.24. The second-order valence-electron chi connectivity index (χ2n) is 6.62. The highest BCUT2D eigenvalue weighted by molar-refractivity contribution is 5.27. The van der Waals surface area contributed by atoms with Crippen molar-refractivity contribution in [3.8, 4) is 5.75 Å². The van der Waals surface area contributed by atoms with E-state index < -0.39 is 0 Å². The lowest BCUT2D eigenvalue weighted by Crippen LogP contribution is -2.47. The minimum absolute atomic E-state index is 0.355. The first-order chi connectivity index (χ1) is 11.7. The maximum Gasteiger partial charge on any atom is 0.115 e. The molecule has 0 saturated carbocycles. The number of pyridine rings is 1. The van der Waals surface area contributed by atoms with Crippen LogP contribution in [0.25, 0.3) is 0 Å². The molecule has 1 aromatic heterocycles. The highest BCUT2D eigenvalue weighted by atomic mass is 16.3. The first-order valence-corrected chi connectivity index (χ1v) is 8.88. The second-order valence-corrected chi connectivity index (χ2v) is 6.62. The van der Waals surface area contributed by atoms with Crippen molar-refractivity contribution in [3.63, 3.8) is 0 Å². The summed E-state index contributed by atoms with van der Waals surface area (Å²) in [7, 11) is 0. The number of hydrogen-bond acceptors (Lipinski definition) is 4. The second kappa shape index (κ2) is 8.27. The molecule has 0 spiro atoms. The number of phenolic OH excluding ortho intramolecular Hbond substituents is 1. The SMILES string of the molecule is CCN(Cc1ccncc1)C1CCCN(Cc2cccc(O)c2)C1. The first-order valence-electron chi connectivity index (χ1n) is 8.88. The van der Waals surface area contributed by atoms with Crippen molar-refractivity contribution >= 4 is 0 Å². The van der Waals surface area contributed by atoms with Crippen molar-refractivity contribution in [2.45, 2.75) is 38.9 Å². The molecule has 2 aromatic rings. The molecule has 4 nitrogen and oxygen atoms in total. The zero-order valence-corrected chi connectivity index (χ0v) is 14.4. The summed E-state index contributed by atoms with van der Waals surface area (Å²) in [6, 6.07) is 12.4. The van der Waals surface area contributed by atoms with E-state index in [9.17, 15) is 5.11 Å². The molecule has 4 heteroatoms. The molecule has 1 unspecified atom stereocenters. The van der Waals surface area contributed by atoms with Crippen LogP contribution in [0.2, 0.25) is 0 Å². The molecule has 0 radical (unpaired) electrons. The molecule has 0 aliphatic carbocycles. The van der Waals surface area contributed by atoms with E-state index in [2.05, 4.69) is 39.9 Å². The Bertz CT molecular complexity index is 632. The molecule has 1 fully saturated rings. The van der Waals surface area contributed by atoms with Crippen molar-refractivity contribution in [2.24, 2.45) is 0 Å². The molecule has 1 atom stereocenters. The molecule has 0 bridgehead atoms. The summed E-state index contributed by atoms with van der Waals surface area (Å²) >= 11 is 0. The smallest absolute Gasteiger partial charge is 0.115 e. The lowest BCUT2D eigenvalue weighted by Gasteiger charge is -2.39. The molecule has 128 valence electrons. The van der Waals surface area contributed by atoms with Crippen LogP contribution in [-0.2, 0) is 13.1 Å². The number of rotatable bonds is 6. The Morgan fingerprint density at radius 1 is 1.21 bits per heavy atom. The van der Waals surface area contributed by atoms with Crippen molar-refractivity contribution < 1.29 is 5.11 Å². The highest BCUT2D eigenvalue weighted by Gasteiger charge is 2.24. The number of likely N-dealkylation sites (tertiary alicyclic amines) is 1. The molecule has 1 aliphatic heterocycles. The van der Waals surface area contributed by atoms with Crippen molar-refractivity contribution in [1.82, 2.24) is 14.8 Å². The van der Waals surface area contributed by atoms with Gasteiger partial charge in [0.05, 0.1) is 0 Å². The van der Waals surface area contributed by atoms with E-state index in [1.165, 1.54) is 24.0 Å². The van der Waals surface area contributed by atoms with Crippen molar-refractivity contribution in [3.05, 3.63) is 59.9 Å². The lowest BCUT2D eigenvalue weighted by molar-refractivity contribution is 0.0917. The van der Waals surface area contributed by atoms with Gasteiger partial charge in [0.15, 0.2) is 0 Å². The summed E-state index contributed by atoms with van der Waals surface area (Å²) < 4.78 is 0. The number of likely N-dealkylation sites (N-methyl/N-ethyl adjacent to an activating group) is 1. The van der Waals surface area contributed by atoms with E-state index in [0.717, 1.165) is 32.7 Å². The zero-order chi connectivity index (χ0) is 16.8. The van der Waals surface area contributed by atoms with Gasteiger partial charge in [-0.2, -0.15) is 0 Å². The van der Waals surface area contributed by atoms with Gasteiger partial charge in [-0.1, -0.05) is 19.1 Å². The zero-order valence-electron chi connectivity index (χ0n) is 14.4. The molecule has 1 aromatic carbocycles. The minimum atomic E-state index is 0.355. The van der Waals surface area contributed by atoms with Crippen LogP contribution in [0.5, 0.6) is 5.75 Å². The molecular formula is C20H27N3O. The number of aromatic hydroxyl groups is 1. The van der Waals surface area contributed by atoms with E-state index in [1.54, 1.807) is 6.07 Å². The van der Waals surface area contributed by atoms with Gasteiger partial charge in [0, 0.05) is 38.1 Å². The molecule has 2 heterocycles. The van der Waals surface area contributed by atoms with Gasteiger partial charge >= 0.3 is 0 Å². The lowest BCUT2D eigenvalue weighted by atomic mass is 10.0. The normalized spacial score (nSPS) is 18.8. The largest absolute Gasteiger partial charge is 0.508 e. The van der Waals surface area contributed by atoms with Gasteiger partial charge in [0.1, 0.15) is 5.75 Å². The fraction of sp³-hybridized carbons (Fsp3) is 0.450. The summed E-state index contributed by atoms with van der Waals surface area (Å²) in [5.74, 6) is 0.355. The van der Waals surface area contributed by atoms with Crippen LogP contribution < -0.4 is 0 Å². The Kier molecular flexibility index (Phi) is 5.83. The van der Waals surface area contributed by atoms with E-state index in [0.29, 0.717) is 11.8 Å². The maximum absolute atomic E-state index is 9.65. The van der Waals surface area contributed by atoms with Crippen molar-refractivity contribution in [1.29, 1.82) is 0 Å². The number of aromatic nitrogens is 1. The number of hydrogen-bond donors (Lipinski definition) is 1. The molecule has 3 rings (SSSR count). The third-order valence-corrected chi connectivity index (χ3v) is 4.85.